The minimum atomic E-state index is -0.0929. The molecule has 27 heavy (non-hydrogen) atoms. The molecule has 2 aromatic rings. The van der Waals surface area contributed by atoms with Crippen LogP contribution in [0.4, 0.5) is 0 Å². The Morgan fingerprint density at radius 1 is 1.00 bits per heavy atom. The van der Waals surface area contributed by atoms with Gasteiger partial charge in [0.2, 0.25) is 0 Å². The summed E-state index contributed by atoms with van der Waals surface area (Å²) in [5.74, 6) is 0.990. The Bertz CT molecular complexity index is 833. The van der Waals surface area contributed by atoms with Crippen molar-refractivity contribution in [1.82, 2.24) is 0 Å². The van der Waals surface area contributed by atoms with E-state index in [1.807, 2.05) is 13.0 Å². The highest BCUT2D eigenvalue weighted by molar-refractivity contribution is 7.48. The fourth-order valence-corrected chi connectivity index (χ4v) is 5.03. The lowest BCUT2D eigenvalue weighted by atomic mass is 9.81. The average Bonchev–Trinajstić information content (AvgIpc) is 2.61. The fourth-order valence-electron chi connectivity index (χ4n) is 3.50. The van der Waals surface area contributed by atoms with E-state index in [-0.39, 0.29) is 10.6 Å². The summed E-state index contributed by atoms with van der Waals surface area (Å²) >= 11 is 0. The maximum atomic E-state index is 11.6. The number of benzene rings is 2. The molecule has 3 heteroatoms. The zero-order valence-electron chi connectivity index (χ0n) is 18.0. The Balaban J connectivity index is 2.66. The molecule has 0 fully saturated rings. The normalized spacial score (nSPS) is 14.4. The molecule has 2 aromatic carbocycles. The quantitative estimate of drug-likeness (QED) is 0.447. The van der Waals surface area contributed by atoms with Crippen LogP contribution in [-0.4, -0.2) is 13.4 Å². The van der Waals surface area contributed by atoms with Crippen LogP contribution in [0.25, 0.3) is 0 Å². The maximum Gasteiger partial charge on any atom is 0.150 e. The summed E-state index contributed by atoms with van der Waals surface area (Å²) in [4.78, 5) is 11.6. The Morgan fingerprint density at radius 2 is 1.63 bits per heavy atom. The molecule has 0 aromatic heterocycles. The van der Waals surface area contributed by atoms with Gasteiger partial charge >= 0.3 is 0 Å². The number of carbonyl (C=O) groups is 1. The fraction of sp³-hybridized carbons (Fsp3) is 0.458. The van der Waals surface area contributed by atoms with Crippen molar-refractivity contribution in [3.8, 4) is 5.75 Å². The lowest BCUT2D eigenvalue weighted by Crippen LogP contribution is -2.23. The molecule has 0 saturated heterocycles. The monoisotopic (exact) mass is 384 g/mol. The Labute approximate surface area is 166 Å². The summed E-state index contributed by atoms with van der Waals surface area (Å²) in [5, 5.41) is 1.03. The largest absolute Gasteiger partial charge is 0.496 e. The van der Waals surface area contributed by atoms with Crippen molar-refractivity contribution in [2.45, 2.75) is 65.5 Å². The van der Waals surface area contributed by atoms with Gasteiger partial charge in [0.05, 0.1) is 7.11 Å². The second kappa shape index (κ2) is 8.15. The number of carbonyl (C=O) groups excluding carboxylic acids is 1. The summed E-state index contributed by atoms with van der Waals surface area (Å²) in [7, 11) is 2.26. The van der Waals surface area contributed by atoms with E-state index in [0.717, 1.165) is 34.9 Å². The standard InChI is InChI=1S/C24H33O2P/c1-9-24(7,27-21-11-10-16(2)12-18(21)15-25)20-14-17(3)13-19(22(20)26-8)23(4,5)6/h10-15,27H,9H2,1-8H3. The number of hydrogen-bond donors (Lipinski definition) is 0. The average molecular weight is 385 g/mol. The molecular formula is C24H33O2P. The summed E-state index contributed by atoms with van der Waals surface area (Å²) in [6, 6.07) is 10.7. The van der Waals surface area contributed by atoms with Gasteiger partial charge in [-0.2, -0.15) is 0 Å². The summed E-state index contributed by atoms with van der Waals surface area (Å²) in [6.07, 6.45) is 1.96. The van der Waals surface area contributed by atoms with Crippen LogP contribution in [0.1, 0.15) is 73.7 Å². The lowest BCUT2D eigenvalue weighted by Gasteiger charge is -2.34. The molecule has 0 aliphatic carbocycles. The van der Waals surface area contributed by atoms with E-state index >= 15 is 0 Å². The molecule has 2 atom stereocenters. The van der Waals surface area contributed by atoms with Gasteiger partial charge < -0.3 is 4.74 Å². The molecule has 0 radical (unpaired) electrons. The van der Waals surface area contributed by atoms with Crippen LogP contribution in [0, 0.1) is 13.8 Å². The van der Waals surface area contributed by atoms with Crippen molar-refractivity contribution < 1.29 is 9.53 Å². The Hall–Kier alpha value is -1.66. The highest BCUT2D eigenvalue weighted by Gasteiger charge is 2.33. The number of aryl methyl sites for hydroxylation is 2. The van der Waals surface area contributed by atoms with Crippen LogP contribution < -0.4 is 10.0 Å². The Kier molecular flexibility index (Phi) is 6.53. The summed E-state index contributed by atoms with van der Waals surface area (Å²) in [5.41, 5.74) is 5.65. The van der Waals surface area contributed by atoms with E-state index in [0.29, 0.717) is 8.58 Å². The van der Waals surface area contributed by atoms with Gasteiger partial charge in [0.15, 0.2) is 6.29 Å². The van der Waals surface area contributed by atoms with Crippen LogP contribution >= 0.6 is 8.58 Å². The molecule has 0 aliphatic heterocycles. The predicted molar refractivity (Wildman–Crippen MR) is 119 cm³/mol. The first-order valence-corrected chi connectivity index (χ1v) is 10.6. The van der Waals surface area contributed by atoms with Crippen molar-refractivity contribution in [3.63, 3.8) is 0 Å². The molecule has 0 saturated carbocycles. The SMILES string of the molecule is CCC(C)(Pc1ccc(C)cc1C=O)c1cc(C)cc(C(C)(C)C)c1OC. The van der Waals surface area contributed by atoms with Crippen LogP contribution in [0.3, 0.4) is 0 Å². The first-order valence-electron chi connectivity index (χ1n) is 9.59. The van der Waals surface area contributed by atoms with E-state index in [2.05, 4.69) is 65.8 Å². The van der Waals surface area contributed by atoms with Crippen molar-refractivity contribution in [2.24, 2.45) is 0 Å². The molecule has 2 unspecified atom stereocenters. The zero-order chi connectivity index (χ0) is 20.4. The number of ether oxygens (including phenoxy) is 1. The number of rotatable bonds is 6. The molecule has 0 bridgehead atoms. The molecule has 146 valence electrons. The predicted octanol–water partition coefficient (Wildman–Crippen LogP) is 6.05. The van der Waals surface area contributed by atoms with E-state index in [1.54, 1.807) is 7.11 Å². The summed E-state index contributed by atoms with van der Waals surface area (Å²) in [6.45, 7) is 15.4. The molecule has 2 nitrogen and oxygen atoms in total. The molecule has 0 spiro atoms. The van der Waals surface area contributed by atoms with Crippen LogP contribution in [-0.2, 0) is 10.6 Å². The van der Waals surface area contributed by atoms with Gasteiger partial charge in [-0.15, -0.1) is 0 Å². The smallest absolute Gasteiger partial charge is 0.150 e. The van der Waals surface area contributed by atoms with Gasteiger partial charge in [0, 0.05) is 21.8 Å². The number of hydrogen-bond acceptors (Lipinski definition) is 2. The van der Waals surface area contributed by atoms with E-state index in [9.17, 15) is 4.79 Å². The maximum absolute atomic E-state index is 11.6. The molecule has 0 amide bonds. The molecule has 0 N–H and O–H groups in total. The highest BCUT2D eigenvalue weighted by atomic mass is 31.1. The molecular weight excluding hydrogens is 351 g/mol. The molecule has 0 aliphatic rings. The Morgan fingerprint density at radius 3 is 2.15 bits per heavy atom. The second-order valence-electron chi connectivity index (χ2n) is 8.66. The van der Waals surface area contributed by atoms with Gasteiger partial charge in [-0.3, -0.25) is 4.79 Å². The van der Waals surface area contributed by atoms with Crippen molar-refractivity contribution in [3.05, 3.63) is 58.1 Å². The first kappa shape index (κ1) is 21.6. The third-order valence-electron chi connectivity index (χ3n) is 5.29. The molecule has 2 rings (SSSR count). The third-order valence-corrected chi connectivity index (χ3v) is 7.19. The van der Waals surface area contributed by atoms with Crippen molar-refractivity contribution >= 4 is 20.2 Å². The van der Waals surface area contributed by atoms with E-state index in [4.69, 9.17) is 4.74 Å². The van der Waals surface area contributed by atoms with Crippen LogP contribution in [0.5, 0.6) is 5.75 Å². The molecule has 0 heterocycles. The van der Waals surface area contributed by atoms with Gasteiger partial charge in [0.25, 0.3) is 0 Å². The minimum Gasteiger partial charge on any atom is -0.496 e. The third kappa shape index (κ3) is 4.61. The number of methoxy groups -OCH3 is 1. The van der Waals surface area contributed by atoms with Gasteiger partial charge in [0.1, 0.15) is 5.75 Å². The highest BCUT2D eigenvalue weighted by Crippen LogP contribution is 2.50. The minimum absolute atomic E-state index is 0.00168. The van der Waals surface area contributed by atoms with Gasteiger partial charge in [-0.1, -0.05) is 78.6 Å². The lowest BCUT2D eigenvalue weighted by molar-refractivity contribution is 0.112. The zero-order valence-corrected chi connectivity index (χ0v) is 19.0. The second-order valence-corrected chi connectivity index (χ2v) is 10.6. The first-order chi connectivity index (χ1) is 12.6. The number of aldehydes is 1. The summed E-state index contributed by atoms with van der Waals surface area (Å²) < 4.78 is 5.95. The topological polar surface area (TPSA) is 26.3 Å². The van der Waals surface area contributed by atoms with Crippen LogP contribution in [0.2, 0.25) is 0 Å². The van der Waals surface area contributed by atoms with Gasteiger partial charge in [-0.05, 0) is 37.1 Å². The van der Waals surface area contributed by atoms with E-state index in [1.165, 1.54) is 16.7 Å². The van der Waals surface area contributed by atoms with Gasteiger partial charge in [-0.25, -0.2) is 0 Å². The van der Waals surface area contributed by atoms with Crippen LogP contribution in [0.15, 0.2) is 30.3 Å². The van der Waals surface area contributed by atoms with Crippen molar-refractivity contribution in [2.75, 3.05) is 7.11 Å². The van der Waals surface area contributed by atoms with E-state index < -0.39 is 0 Å². The van der Waals surface area contributed by atoms with Crippen molar-refractivity contribution in [1.29, 1.82) is 0 Å².